The first-order valence-corrected chi connectivity index (χ1v) is 9.86. The highest BCUT2D eigenvalue weighted by atomic mass is 79.9. The molecule has 0 unspecified atom stereocenters. The molecule has 2 aromatic carbocycles. The Morgan fingerprint density at radius 3 is 2.54 bits per heavy atom. The number of hydrogen-bond acceptors (Lipinski definition) is 2. The predicted octanol–water partition coefficient (Wildman–Crippen LogP) is 4.00. The molecule has 2 amide bonds. The fourth-order valence-corrected chi connectivity index (χ4v) is 3.17. The molecule has 28 heavy (non-hydrogen) atoms. The molecule has 0 bridgehead atoms. The molecule has 5 nitrogen and oxygen atoms in total. The number of carbonyl (C=O) groups excluding carboxylic acids is 2. The van der Waals surface area contributed by atoms with Gasteiger partial charge in [-0.15, -0.1) is 0 Å². The molecule has 2 N–H and O–H groups in total. The Hall–Kier alpha value is -2.57. The Balaban J connectivity index is 1.44. The van der Waals surface area contributed by atoms with Crippen molar-refractivity contribution < 1.29 is 9.59 Å². The number of nitrogens with zero attached hydrogens (tertiary/aromatic N) is 1. The number of benzene rings is 2. The fourth-order valence-electron chi connectivity index (χ4n) is 2.65. The lowest BCUT2D eigenvalue weighted by Crippen LogP contribution is -2.36. The molecule has 0 radical (unpaired) electrons. The van der Waals surface area contributed by atoms with Crippen LogP contribution in [0.3, 0.4) is 0 Å². The van der Waals surface area contributed by atoms with E-state index in [0.717, 1.165) is 22.1 Å². The average molecular weight is 461 g/mol. The molecular weight excluding hydrogens is 442 g/mol. The molecule has 144 valence electrons. The molecular formula is C21H19BrClN3O2. The van der Waals surface area contributed by atoms with E-state index >= 15 is 0 Å². The van der Waals surface area contributed by atoms with Crippen LogP contribution in [-0.2, 0) is 17.9 Å². The second-order valence-corrected chi connectivity index (χ2v) is 7.64. The number of hydrogen-bond donors (Lipinski definition) is 2. The van der Waals surface area contributed by atoms with E-state index in [-0.39, 0.29) is 18.4 Å². The van der Waals surface area contributed by atoms with Gasteiger partial charge >= 0.3 is 0 Å². The second-order valence-electron chi connectivity index (χ2n) is 6.29. The third-order valence-electron chi connectivity index (χ3n) is 4.08. The molecule has 3 aromatic rings. The molecule has 0 spiro atoms. The lowest BCUT2D eigenvalue weighted by atomic mass is 10.2. The first-order chi connectivity index (χ1) is 13.5. The smallest absolute Gasteiger partial charge is 0.251 e. The molecule has 0 saturated carbocycles. The van der Waals surface area contributed by atoms with Gasteiger partial charge in [-0.05, 0) is 47.5 Å². The number of amides is 2. The van der Waals surface area contributed by atoms with Crippen molar-refractivity contribution in [2.75, 3.05) is 6.54 Å². The van der Waals surface area contributed by atoms with Gasteiger partial charge in [0.05, 0.1) is 6.54 Å². The van der Waals surface area contributed by atoms with E-state index in [2.05, 4.69) is 26.6 Å². The van der Waals surface area contributed by atoms with Crippen LogP contribution in [0.15, 0.2) is 71.5 Å². The van der Waals surface area contributed by atoms with E-state index in [9.17, 15) is 9.59 Å². The second kappa shape index (κ2) is 9.57. The van der Waals surface area contributed by atoms with Gasteiger partial charge in [0, 0.05) is 40.5 Å². The van der Waals surface area contributed by atoms with Crippen LogP contribution in [-0.4, -0.2) is 22.9 Å². The SMILES string of the molecule is O=C(CNC(=O)c1cccc(Br)c1)NCc1ccn(Cc2ccc(Cl)cc2)c1. The highest BCUT2D eigenvalue weighted by molar-refractivity contribution is 9.10. The first kappa shape index (κ1) is 20.2. The van der Waals surface area contributed by atoms with Crippen molar-refractivity contribution in [2.24, 2.45) is 0 Å². The minimum atomic E-state index is -0.287. The Bertz CT molecular complexity index is 970. The van der Waals surface area contributed by atoms with E-state index < -0.39 is 0 Å². The van der Waals surface area contributed by atoms with Gasteiger partial charge in [0.25, 0.3) is 5.91 Å². The van der Waals surface area contributed by atoms with Crippen LogP contribution in [0, 0.1) is 0 Å². The Morgan fingerprint density at radius 2 is 1.79 bits per heavy atom. The summed E-state index contributed by atoms with van der Waals surface area (Å²) in [6.45, 7) is 1.06. The van der Waals surface area contributed by atoms with Crippen molar-refractivity contribution >= 4 is 39.3 Å². The summed E-state index contributed by atoms with van der Waals surface area (Å²) >= 11 is 9.22. The summed E-state index contributed by atoms with van der Waals surface area (Å²) in [5.41, 5.74) is 2.63. The van der Waals surface area contributed by atoms with E-state index in [0.29, 0.717) is 17.1 Å². The third-order valence-corrected chi connectivity index (χ3v) is 4.82. The quantitative estimate of drug-likeness (QED) is 0.560. The minimum absolute atomic E-state index is 0.0726. The third kappa shape index (κ3) is 5.97. The van der Waals surface area contributed by atoms with Gasteiger partial charge in [-0.25, -0.2) is 0 Å². The van der Waals surface area contributed by atoms with Gasteiger partial charge in [0.2, 0.25) is 5.91 Å². The van der Waals surface area contributed by atoms with Crippen LogP contribution >= 0.6 is 27.5 Å². The lowest BCUT2D eigenvalue weighted by molar-refractivity contribution is -0.120. The standard InChI is InChI=1S/C21H19BrClN3O2/c22-18-3-1-2-17(10-18)21(28)25-12-20(27)24-11-16-8-9-26(14-16)13-15-4-6-19(23)7-5-15/h1-10,14H,11-13H2,(H,24,27)(H,25,28). The van der Waals surface area contributed by atoms with Gasteiger partial charge in [-0.1, -0.05) is 45.7 Å². The van der Waals surface area contributed by atoms with Crippen molar-refractivity contribution in [2.45, 2.75) is 13.1 Å². The summed E-state index contributed by atoms with van der Waals surface area (Å²) in [4.78, 5) is 24.0. The van der Waals surface area contributed by atoms with Crippen LogP contribution in [0.25, 0.3) is 0 Å². The van der Waals surface area contributed by atoms with Gasteiger partial charge in [0.1, 0.15) is 0 Å². The Labute approximate surface area is 176 Å². The highest BCUT2D eigenvalue weighted by Gasteiger charge is 2.08. The topological polar surface area (TPSA) is 63.1 Å². The molecule has 0 atom stereocenters. The van der Waals surface area contributed by atoms with Crippen LogP contribution in [0.5, 0.6) is 0 Å². The van der Waals surface area contributed by atoms with Gasteiger partial charge < -0.3 is 15.2 Å². The van der Waals surface area contributed by atoms with Crippen LogP contribution in [0.2, 0.25) is 5.02 Å². The summed E-state index contributed by atoms with van der Waals surface area (Å²) in [5.74, 6) is -0.528. The fraction of sp³-hybridized carbons (Fsp3) is 0.143. The molecule has 7 heteroatoms. The van der Waals surface area contributed by atoms with Crippen molar-refractivity contribution in [1.29, 1.82) is 0 Å². The summed E-state index contributed by atoms with van der Waals surface area (Å²) in [6.07, 6.45) is 3.94. The summed E-state index contributed by atoms with van der Waals surface area (Å²) in [6, 6.07) is 16.7. The van der Waals surface area contributed by atoms with Crippen molar-refractivity contribution in [3.05, 3.63) is 93.2 Å². The zero-order valence-electron chi connectivity index (χ0n) is 15.0. The highest BCUT2D eigenvalue weighted by Crippen LogP contribution is 2.12. The number of aromatic nitrogens is 1. The maximum atomic E-state index is 12.0. The van der Waals surface area contributed by atoms with Crippen molar-refractivity contribution in [3.8, 4) is 0 Å². The molecule has 3 rings (SSSR count). The Morgan fingerprint density at radius 1 is 1.00 bits per heavy atom. The molecule has 0 aliphatic rings. The van der Waals surface area contributed by atoms with Crippen molar-refractivity contribution in [1.82, 2.24) is 15.2 Å². The maximum Gasteiger partial charge on any atom is 0.251 e. The maximum absolute atomic E-state index is 12.0. The van der Waals surface area contributed by atoms with Gasteiger partial charge in [-0.3, -0.25) is 9.59 Å². The summed E-state index contributed by atoms with van der Waals surface area (Å²) in [7, 11) is 0. The lowest BCUT2D eigenvalue weighted by Gasteiger charge is -2.07. The number of carbonyl (C=O) groups is 2. The van der Waals surface area contributed by atoms with Crippen LogP contribution in [0.4, 0.5) is 0 Å². The normalized spacial score (nSPS) is 10.5. The molecule has 0 aliphatic carbocycles. The van der Waals surface area contributed by atoms with Crippen LogP contribution in [0.1, 0.15) is 21.5 Å². The zero-order valence-corrected chi connectivity index (χ0v) is 17.3. The molecule has 0 aliphatic heterocycles. The number of rotatable bonds is 7. The predicted molar refractivity (Wildman–Crippen MR) is 113 cm³/mol. The summed E-state index contributed by atoms with van der Waals surface area (Å²) in [5, 5.41) is 6.14. The minimum Gasteiger partial charge on any atom is -0.350 e. The number of nitrogens with one attached hydrogen (secondary N) is 2. The van der Waals surface area contributed by atoms with Crippen LogP contribution < -0.4 is 10.6 Å². The van der Waals surface area contributed by atoms with Crippen molar-refractivity contribution in [3.63, 3.8) is 0 Å². The monoisotopic (exact) mass is 459 g/mol. The van der Waals surface area contributed by atoms with Gasteiger partial charge in [0.15, 0.2) is 0 Å². The Kier molecular flexibility index (Phi) is 6.90. The first-order valence-electron chi connectivity index (χ1n) is 8.69. The molecule has 0 fully saturated rings. The van der Waals surface area contributed by atoms with E-state index in [1.54, 1.807) is 18.2 Å². The summed E-state index contributed by atoms with van der Waals surface area (Å²) < 4.78 is 2.85. The van der Waals surface area contributed by atoms with E-state index in [1.165, 1.54) is 0 Å². The van der Waals surface area contributed by atoms with E-state index in [4.69, 9.17) is 11.6 Å². The molecule has 0 saturated heterocycles. The number of halogens is 2. The zero-order chi connectivity index (χ0) is 19.9. The average Bonchev–Trinajstić information content (AvgIpc) is 3.13. The van der Waals surface area contributed by atoms with Gasteiger partial charge in [-0.2, -0.15) is 0 Å². The largest absolute Gasteiger partial charge is 0.350 e. The molecule has 1 aromatic heterocycles. The molecule has 1 heterocycles. The van der Waals surface area contributed by atoms with E-state index in [1.807, 2.05) is 53.4 Å².